The average molecular weight is 1270 g/mol. The molecular weight excluding hydrogens is 1170 g/mol. The number of allylic oxidation sites excluding steroid dienone is 8. The minimum absolute atomic E-state index is 0. The fraction of sp³-hybridized carbons (Fsp3) is 0.556. The average Bonchev–Trinajstić information content (AvgIpc) is 4.36. The van der Waals surface area contributed by atoms with Gasteiger partial charge in [-0.1, -0.05) is 153 Å². The first-order chi connectivity index (χ1) is 36.1. The Kier molecular flexibility index (Phi) is 26.8. The summed E-state index contributed by atoms with van der Waals surface area (Å²) in [7, 11) is 0. The van der Waals surface area contributed by atoms with Crippen molar-refractivity contribution in [1.29, 1.82) is 0 Å². The summed E-state index contributed by atoms with van der Waals surface area (Å²) in [6.07, 6.45) is 47.4. The van der Waals surface area contributed by atoms with Gasteiger partial charge in [-0.3, -0.25) is 12.2 Å². The van der Waals surface area contributed by atoms with Gasteiger partial charge in [0.2, 0.25) is 0 Å². The summed E-state index contributed by atoms with van der Waals surface area (Å²) >= 11 is 3.89. The molecule has 8 aliphatic rings. The van der Waals surface area contributed by atoms with Gasteiger partial charge in [-0.15, -0.1) is 24.0 Å². The Labute approximate surface area is 520 Å². The Morgan fingerprint density at radius 2 is 0.679 bits per heavy atom. The molecular formula is C72H96Cl2Si2Zr2-2. The third kappa shape index (κ3) is 19.3. The van der Waals surface area contributed by atoms with E-state index in [1.807, 2.05) is 71.0 Å². The molecule has 0 amide bonds. The monoisotopic (exact) mass is 1270 g/mol. The van der Waals surface area contributed by atoms with Gasteiger partial charge in [-0.2, -0.15) is 70.8 Å². The summed E-state index contributed by atoms with van der Waals surface area (Å²) in [5.41, 5.74) is 22.8. The molecule has 0 N–H and O–H groups in total. The summed E-state index contributed by atoms with van der Waals surface area (Å²) in [5, 5.41) is 0. The normalized spacial score (nSPS) is 18.1. The topological polar surface area (TPSA) is 0 Å². The molecule has 0 bridgehead atoms. The summed E-state index contributed by atoms with van der Waals surface area (Å²) in [5.74, 6) is 0. The third-order valence-corrected chi connectivity index (χ3v) is 35.3. The van der Waals surface area contributed by atoms with Crippen molar-refractivity contribution in [3.63, 3.8) is 0 Å². The van der Waals surface area contributed by atoms with E-state index in [4.69, 9.17) is 0 Å². The number of hydrogen-bond acceptors (Lipinski definition) is 0. The zero-order valence-corrected chi connectivity index (χ0v) is 58.9. The second-order valence-corrected chi connectivity index (χ2v) is 41.1. The van der Waals surface area contributed by atoms with E-state index in [9.17, 15) is 0 Å². The molecule has 0 nitrogen and oxygen atoms in total. The van der Waals surface area contributed by atoms with Crippen LogP contribution >= 0.6 is 0 Å². The van der Waals surface area contributed by atoms with Gasteiger partial charge < -0.3 is 24.8 Å². The van der Waals surface area contributed by atoms with Gasteiger partial charge in [-0.25, -0.2) is 24.3 Å². The predicted molar refractivity (Wildman–Crippen MR) is 325 cm³/mol. The Morgan fingerprint density at radius 3 is 0.910 bits per heavy atom. The van der Waals surface area contributed by atoms with Gasteiger partial charge in [0.05, 0.1) is 0 Å². The SMILES string of the molecule is CC(C)(C)c1c[c-]c2c(c1)-c1cc(C(C)(C)C)ccc1C2.CC(C)(C)c1c[c-]c2c(c1)-c1cc(C(C)(C)C)ccc1C2.[C-]1=CC=CC1.[C-]1=CC=CC1.[Cl-].[Cl-].[Zr+2]=[Si](C1CCCC1)C1CCCC1.[Zr+2]=[Si](C1CCCC1)C1CCCC1. The van der Waals surface area contributed by atoms with Crippen molar-refractivity contribution in [3.05, 3.63) is 166 Å². The molecule has 12 rings (SSSR count). The first kappa shape index (κ1) is 67.4. The number of halogens is 2. The van der Waals surface area contributed by atoms with Crippen molar-refractivity contribution in [2.75, 3.05) is 0 Å². The van der Waals surface area contributed by atoms with Crippen LogP contribution in [-0.2, 0) is 81.2 Å². The zero-order chi connectivity index (χ0) is 54.7. The number of hydrogen-bond donors (Lipinski definition) is 0. The van der Waals surface area contributed by atoms with Crippen LogP contribution in [0.2, 0.25) is 22.2 Å². The molecule has 0 heterocycles. The molecule has 416 valence electrons. The fourth-order valence-electron chi connectivity index (χ4n) is 12.3. The maximum atomic E-state index is 3.53. The van der Waals surface area contributed by atoms with Crippen LogP contribution in [-0.4, -0.2) is 10.9 Å². The van der Waals surface area contributed by atoms with E-state index in [0.717, 1.165) is 25.7 Å². The van der Waals surface area contributed by atoms with Gasteiger partial charge >= 0.3 is 182 Å². The molecule has 0 spiro atoms. The molecule has 0 atom stereocenters. The molecule has 0 aromatic heterocycles. The van der Waals surface area contributed by atoms with Crippen molar-refractivity contribution in [3.8, 4) is 22.3 Å². The second-order valence-electron chi connectivity index (χ2n) is 27.5. The molecule has 0 saturated heterocycles. The summed E-state index contributed by atoms with van der Waals surface area (Å²) in [6.45, 7) is 27.3. The van der Waals surface area contributed by atoms with Gasteiger partial charge in [0.1, 0.15) is 0 Å². The summed E-state index contributed by atoms with van der Waals surface area (Å²) in [4.78, 5) is 0. The van der Waals surface area contributed by atoms with Crippen molar-refractivity contribution in [2.24, 2.45) is 0 Å². The standard InChI is InChI=1S/2C21H25.2C10H18Si.2C5H5.2ClH.2Zr/c2*1-20(2,3)16-9-7-14-11-15-8-10-17(21(4,5)6)13-19(15)18(14)12-16;2*1-2-6-9(5-1)11-10-7-3-4-8-10;2*1-2-4-5-3-1;;;;/h2*7,9-10,12-13H,11H2,1-6H3;2*9-10H,1-8H2;2*1-3H,4H2;2*1H;;/q2*-1;;;2*-1;;;2*+2/p-2. The minimum atomic E-state index is 0. The molecule has 4 aromatic rings. The molecule has 4 aromatic carbocycles. The summed E-state index contributed by atoms with van der Waals surface area (Å²) in [6, 6.07) is 30.1. The maximum absolute atomic E-state index is 3.53. The van der Waals surface area contributed by atoms with Crippen LogP contribution in [0.4, 0.5) is 0 Å². The van der Waals surface area contributed by atoms with Crippen molar-refractivity contribution < 1.29 is 71.5 Å². The van der Waals surface area contributed by atoms with E-state index in [0.29, 0.717) is 0 Å². The van der Waals surface area contributed by atoms with Crippen LogP contribution in [0.5, 0.6) is 0 Å². The van der Waals surface area contributed by atoms with Crippen LogP contribution in [0.15, 0.2) is 97.1 Å². The molecule has 78 heavy (non-hydrogen) atoms. The van der Waals surface area contributed by atoms with Gasteiger partial charge in [0, 0.05) is 0 Å². The van der Waals surface area contributed by atoms with Gasteiger partial charge in [0.15, 0.2) is 0 Å². The fourth-order valence-corrected chi connectivity index (χ4v) is 26.2. The molecule has 0 unspecified atom stereocenters. The Morgan fingerprint density at radius 1 is 0.397 bits per heavy atom. The van der Waals surface area contributed by atoms with E-state index < -0.39 is 0 Å². The number of rotatable bonds is 4. The third-order valence-electron chi connectivity index (χ3n) is 17.4. The van der Waals surface area contributed by atoms with Crippen LogP contribution in [0.3, 0.4) is 0 Å². The molecule has 6 heteroatoms. The molecule has 4 fully saturated rings. The number of fused-ring (bicyclic) bond motifs is 6. The molecule has 0 aliphatic heterocycles. The zero-order valence-electron chi connectivity index (χ0n) is 50.4. The van der Waals surface area contributed by atoms with Crippen LogP contribution in [0.1, 0.15) is 243 Å². The second kappa shape index (κ2) is 31.0. The first-order valence-electron chi connectivity index (χ1n) is 30.1. The van der Waals surface area contributed by atoms with Crippen LogP contribution < -0.4 is 24.8 Å². The van der Waals surface area contributed by atoms with Gasteiger partial charge in [0.25, 0.3) is 0 Å². The van der Waals surface area contributed by atoms with E-state index in [1.165, 1.54) is 88.9 Å². The van der Waals surface area contributed by atoms with Crippen molar-refractivity contribution in [2.45, 2.75) is 255 Å². The summed E-state index contributed by atoms with van der Waals surface area (Å²) < 4.78 is 0. The van der Waals surface area contributed by atoms with Crippen LogP contribution in [0.25, 0.3) is 22.3 Å². The van der Waals surface area contributed by atoms with E-state index >= 15 is 0 Å². The Bertz CT molecular complexity index is 2340. The first-order valence-corrected chi connectivity index (χ1v) is 40.7. The Hall–Kier alpha value is -1.38. The van der Waals surface area contributed by atoms with Crippen molar-refractivity contribution >= 4 is 10.9 Å². The molecule has 0 radical (unpaired) electrons. The van der Waals surface area contributed by atoms with Gasteiger partial charge in [-0.05, 0) is 34.8 Å². The van der Waals surface area contributed by atoms with E-state index in [-0.39, 0.29) is 57.3 Å². The van der Waals surface area contributed by atoms with E-state index in [2.05, 4.69) is 180 Å². The quantitative estimate of drug-likeness (QED) is 0.122. The van der Waals surface area contributed by atoms with Crippen molar-refractivity contribution in [1.82, 2.24) is 0 Å². The van der Waals surface area contributed by atoms with E-state index in [1.54, 1.807) is 103 Å². The number of benzene rings is 4. The molecule has 8 aliphatic carbocycles. The molecule has 4 saturated carbocycles. The Balaban J connectivity index is 0.000000183. The van der Waals surface area contributed by atoms with Crippen LogP contribution in [0, 0.1) is 24.3 Å². The predicted octanol–water partition coefficient (Wildman–Crippen LogP) is 14.8.